The number of amides is 4. The second-order valence-electron chi connectivity index (χ2n) is 16.5. The molecule has 4 aliphatic rings. The zero-order valence-electron chi connectivity index (χ0n) is 33.5. The smallest absolute Gasteiger partial charge is 0.242 e. The number of allylic oxidation sites excluding steroid dienone is 2. The molecule has 2 aromatic heterocycles. The van der Waals surface area contributed by atoms with E-state index < -0.39 is 35.0 Å². The number of nitrogens with zero attached hydrogens (tertiary/aromatic N) is 4. The van der Waals surface area contributed by atoms with Gasteiger partial charge in [-0.25, -0.2) is 4.90 Å². The number of methoxy groups -OCH3 is 1. The zero-order chi connectivity index (χ0) is 42.6. The molecule has 1 saturated carbocycles. The van der Waals surface area contributed by atoms with E-state index in [-0.39, 0.29) is 41.5 Å². The molecule has 61 heavy (non-hydrogen) atoms. The molecule has 4 heterocycles. The van der Waals surface area contributed by atoms with E-state index in [1.165, 1.54) is 16.9 Å². The molecule has 308 valence electrons. The standard InChI is InChI=1S/C47H39ClIN5O6S/c1-23-31-20-25(48)10-17-37(31)61-42(23)35-22-38(52(3)51-35)54-44(57)33-21-32-29(40(47(33,2)46(54)59)24-18-34(49)41(55)36(19-24)60-4)15-16-30-39(32)45(58)53(43(30)56)28-13-11-27(12-14-28)50-26-8-6-5-7-9-26/h5-15,17-20,22,30,32-33,39-40,50,55H,16,21H2,1-4H3/t30-,32+,33-,39-,40-,47+/m0/s1. The Kier molecular flexibility index (Phi) is 9.45. The third-order valence-electron chi connectivity index (χ3n) is 13.3. The highest BCUT2D eigenvalue weighted by molar-refractivity contribution is 14.1. The maximum atomic E-state index is 15.3. The van der Waals surface area contributed by atoms with E-state index in [1.807, 2.05) is 109 Å². The number of fused-ring (bicyclic) bond motifs is 5. The molecule has 6 atom stereocenters. The molecule has 10 rings (SSSR count). The van der Waals surface area contributed by atoms with Gasteiger partial charge in [0.15, 0.2) is 11.5 Å². The van der Waals surface area contributed by atoms with E-state index in [9.17, 15) is 14.7 Å². The van der Waals surface area contributed by atoms with Crippen LogP contribution in [0.5, 0.6) is 11.5 Å². The fourth-order valence-electron chi connectivity index (χ4n) is 10.4. The topological polar surface area (TPSA) is 134 Å². The van der Waals surface area contributed by atoms with Crippen LogP contribution >= 0.6 is 45.5 Å². The van der Waals surface area contributed by atoms with Gasteiger partial charge in [0.25, 0.3) is 0 Å². The van der Waals surface area contributed by atoms with Crippen molar-refractivity contribution in [3.8, 4) is 22.1 Å². The highest BCUT2D eigenvalue weighted by Crippen LogP contribution is 2.64. The van der Waals surface area contributed by atoms with Crippen LogP contribution in [0.2, 0.25) is 5.02 Å². The minimum absolute atomic E-state index is 0.0348. The Morgan fingerprint density at radius 3 is 2.39 bits per heavy atom. The van der Waals surface area contributed by atoms with Gasteiger partial charge < -0.3 is 15.2 Å². The molecular weight excluding hydrogens is 925 g/mol. The van der Waals surface area contributed by atoms with Crippen molar-refractivity contribution in [2.75, 3.05) is 22.2 Å². The summed E-state index contributed by atoms with van der Waals surface area (Å²) in [7, 11) is 3.19. The number of hydrogen-bond donors (Lipinski definition) is 2. The lowest BCUT2D eigenvalue weighted by Gasteiger charge is -2.49. The van der Waals surface area contributed by atoms with Gasteiger partial charge in [0.1, 0.15) is 11.5 Å². The summed E-state index contributed by atoms with van der Waals surface area (Å²) >= 11 is 9.96. The number of phenols is 1. The predicted molar refractivity (Wildman–Crippen MR) is 244 cm³/mol. The summed E-state index contributed by atoms with van der Waals surface area (Å²) in [4.78, 5) is 62.9. The van der Waals surface area contributed by atoms with Gasteiger partial charge in [0.2, 0.25) is 23.6 Å². The van der Waals surface area contributed by atoms with E-state index in [0.717, 1.165) is 37.5 Å². The van der Waals surface area contributed by atoms with Crippen LogP contribution in [-0.4, -0.2) is 45.6 Å². The molecule has 0 radical (unpaired) electrons. The van der Waals surface area contributed by atoms with Gasteiger partial charge in [-0.05, 0) is 138 Å². The number of aromatic nitrogens is 2. The molecule has 6 aromatic rings. The van der Waals surface area contributed by atoms with Gasteiger partial charge in [0, 0.05) is 40.1 Å². The molecule has 2 aliphatic carbocycles. The lowest BCUT2D eigenvalue weighted by molar-refractivity contribution is -0.131. The van der Waals surface area contributed by atoms with Crippen LogP contribution < -0.4 is 19.9 Å². The van der Waals surface area contributed by atoms with Gasteiger partial charge >= 0.3 is 0 Å². The third-order valence-corrected chi connectivity index (χ3v) is 15.6. The molecule has 0 spiro atoms. The molecule has 14 heteroatoms. The van der Waals surface area contributed by atoms with Crippen LogP contribution in [0.3, 0.4) is 0 Å². The summed E-state index contributed by atoms with van der Waals surface area (Å²) in [5, 5.41) is 20.7. The van der Waals surface area contributed by atoms with Crippen LogP contribution in [0.1, 0.15) is 36.8 Å². The number of aryl methyl sites for hydroxylation is 2. The van der Waals surface area contributed by atoms with Crippen molar-refractivity contribution in [1.29, 1.82) is 0 Å². The number of ether oxygens (including phenoxy) is 1. The minimum atomic E-state index is -1.31. The number of hydrogen-bond acceptors (Lipinski definition) is 9. The van der Waals surface area contributed by atoms with Crippen molar-refractivity contribution in [3.05, 3.63) is 122 Å². The first kappa shape index (κ1) is 39.6. The number of carbonyl (C=O) groups excluding carboxylic acids is 4. The molecule has 2 saturated heterocycles. The average molecular weight is 964 g/mol. The molecule has 3 fully saturated rings. The number of halogens is 2. The summed E-state index contributed by atoms with van der Waals surface area (Å²) in [6.45, 7) is 3.85. The monoisotopic (exact) mass is 963 g/mol. The normalized spacial score (nSPS) is 24.6. The Balaban J connectivity index is 1.04. The summed E-state index contributed by atoms with van der Waals surface area (Å²) in [5.74, 6) is -4.28. The quantitative estimate of drug-likeness (QED) is 0.0919. The van der Waals surface area contributed by atoms with Crippen molar-refractivity contribution in [3.63, 3.8) is 0 Å². The van der Waals surface area contributed by atoms with Crippen molar-refractivity contribution in [2.24, 2.45) is 36.1 Å². The Bertz CT molecular complexity index is 2890. The predicted octanol–water partition coefficient (Wildman–Crippen LogP) is 9.76. The number of para-hydroxylation sites is 1. The van der Waals surface area contributed by atoms with Crippen LogP contribution in [0.15, 0.2) is 103 Å². The first-order valence-electron chi connectivity index (χ1n) is 20.0. The Morgan fingerprint density at radius 2 is 1.66 bits per heavy atom. The summed E-state index contributed by atoms with van der Waals surface area (Å²) in [6, 6.07) is 28.0. The first-order valence-corrected chi connectivity index (χ1v) is 22.2. The van der Waals surface area contributed by atoms with Gasteiger partial charge in [-0.3, -0.25) is 28.8 Å². The fourth-order valence-corrected chi connectivity index (χ4v) is 12.3. The summed E-state index contributed by atoms with van der Waals surface area (Å²) in [6.07, 6.45) is 2.51. The maximum absolute atomic E-state index is 15.3. The molecule has 0 unspecified atom stereocenters. The highest BCUT2D eigenvalue weighted by Gasteiger charge is 2.68. The Morgan fingerprint density at radius 1 is 0.918 bits per heavy atom. The third kappa shape index (κ3) is 5.98. The second-order valence-corrected chi connectivity index (χ2v) is 19.1. The summed E-state index contributed by atoms with van der Waals surface area (Å²) < 4.78 is 8.74. The number of anilines is 4. The number of rotatable bonds is 7. The number of benzene rings is 4. The van der Waals surface area contributed by atoms with Crippen molar-refractivity contribution < 1.29 is 29.0 Å². The average Bonchev–Trinajstić information content (AvgIpc) is 3.92. The molecule has 2 N–H and O–H groups in total. The lowest BCUT2D eigenvalue weighted by atomic mass is 9.51. The minimum Gasteiger partial charge on any atom is -0.504 e. The largest absolute Gasteiger partial charge is 0.504 e. The van der Waals surface area contributed by atoms with E-state index in [4.69, 9.17) is 21.4 Å². The first-order chi connectivity index (χ1) is 29.3. The second kappa shape index (κ2) is 14.6. The van der Waals surface area contributed by atoms with Crippen LogP contribution in [0.25, 0.3) is 20.7 Å². The van der Waals surface area contributed by atoms with Crippen LogP contribution in [0.4, 0.5) is 22.9 Å². The number of imide groups is 2. The van der Waals surface area contributed by atoms with E-state index >= 15 is 9.59 Å². The van der Waals surface area contributed by atoms with E-state index in [0.29, 0.717) is 37.8 Å². The van der Waals surface area contributed by atoms with Crippen molar-refractivity contribution >= 4 is 102 Å². The van der Waals surface area contributed by atoms with Crippen LogP contribution in [-0.2, 0) is 26.2 Å². The molecule has 0 bridgehead atoms. The molecular formula is C47H39ClIN5O6S. The van der Waals surface area contributed by atoms with E-state index in [1.54, 1.807) is 47.3 Å². The van der Waals surface area contributed by atoms with Gasteiger partial charge in [0.05, 0.1) is 44.4 Å². The summed E-state index contributed by atoms with van der Waals surface area (Å²) in [5.41, 5.74) is 4.01. The molecule has 4 aromatic carbocycles. The maximum Gasteiger partial charge on any atom is 0.242 e. The highest BCUT2D eigenvalue weighted by atomic mass is 127. The fraction of sp³-hybridized carbons (Fsp3) is 0.255. The van der Waals surface area contributed by atoms with Gasteiger partial charge in [-0.2, -0.15) is 5.10 Å². The Labute approximate surface area is 374 Å². The van der Waals surface area contributed by atoms with Gasteiger partial charge in [-0.15, -0.1) is 11.3 Å². The molecule has 11 nitrogen and oxygen atoms in total. The number of phenolic OH excluding ortho intramolecular Hbond substituents is 1. The van der Waals surface area contributed by atoms with E-state index in [2.05, 4.69) is 5.32 Å². The number of nitrogens with one attached hydrogen (secondary N) is 1. The van der Waals surface area contributed by atoms with Crippen molar-refractivity contribution in [2.45, 2.75) is 32.6 Å². The number of thiophene rings is 1. The Hall–Kier alpha value is -5.51. The number of aromatic hydroxyl groups is 1. The lowest BCUT2D eigenvalue weighted by Crippen LogP contribution is -2.49. The molecule has 4 amide bonds. The van der Waals surface area contributed by atoms with Crippen molar-refractivity contribution in [1.82, 2.24) is 9.78 Å². The zero-order valence-corrected chi connectivity index (χ0v) is 37.2. The SMILES string of the molecule is COc1cc([C@H]2C3=CC[C@@H]4C(=O)N(c5ccc(Nc6ccccc6)cc5)C(=O)[C@@H]4[C@@H]3C[C@H]3C(=O)N(c4cc(-c5sc6ccc(Cl)cc6c5C)nn4C)C(=O)[C@@]23C)cc(I)c1O. The van der Waals surface area contributed by atoms with Crippen LogP contribution in [0, 0.1) is 39.6 Å². The number of carbonyl (C=O) groups is 4. The molecule has 2 aliphatic heterocycles. The van der Waals surface area contributed by atoms with Gasteiger partial charge in [-0.1, -0.05) is 41.4 Å².